The largest absolute Gasteiger partial charge is 0.497 e. The molecule has 0 bridgehead atoms. The van der Waals surface area contributed by atoms with Crippen molar-refractivity contribution < 1.29 is 9.53 Å². The number of aromatic nitrogens is 2. The molecule has 5 heteroatoms. The van der Waals surface area contributed by atoms with Gasteiger partial charge in [0.25, 0.3) is 0 Å². The first-order valence-corrected chi connectivity index (χ1v) is 8.58. The fraction of sp³-hybridized carbons (Fsp3) is 0.190. The van der Waals surface area contributed by atoms with Gasteiger partial charge in [-0.1, -0.05) is 30.3 Å². The zero-order valence-corrected chi connectivity index (χ0v) is 14.5. The predicted molar refractivity (Wildman–Crippen MR) is 100 cm³/mol. The average Bonchev–Trinajstić information content (AvgIpc) is 2.69. The van der Waals surface area contributed by atoms with Crippen LogP contribution in [0.2, 0.25) is 0 Å². The third-order valence-electron chi connectivity index (χ3n) is 4.66. The summed E-state index contributed by atoms with van der Waals surface area (Å²) in [7, 11) is 1.63. The predicted octanol–water partition coefficient (Wildman–Crippen LogP) is 4.14. The summed E-state index contributed by atoms with van der Waals surface area (Å²) in [5.41, 5.74) is 3.49. The molecule has 0 spiro atoms. The minimum atomic E-state index is 0.108. The van der Waals surface area contributed by atoms with Crippen LogP contribution in [0.4, 0.5) is 11.6 Å². The zero-order valence-electron chi connectivity index (χ0n) is 14.5. The third-order valence-corrected chi connectivity index (χ3v) is 4.66. The van der Waals surface area contributed by atoms with Crippen molar-refractivity contribution >= 4 is 17.4 Å². The number of methoxy groups -OCH3 is 1. The number of benzene rings is 2. The van der Waals surface area contributed by atoms with E-state index in [4.69, 9.17) is 4.74 Å². The highest BCUT2D eigenvalue weighted by atomic mass is 16.5. The molecule has 1 aliphatic rings. The molecule has 1 aliphatic carbocycles. The Bertz CT molecular complexity index is 924. The highest BCUT2D eigenvalue weighted by molar-refractivity contribution is 5.98. The number of hydrogen-bond donors (Lipinski definition) is 1. The molecule has 1 atom stereocenters. The maximum atomic E-state index is 12.5. The Morgan fingerprint density at radius 2 is 1.81 bits per heavy atom. The summed E-state index contributed by atoms with van der Waals surface area (Å²) in [6.45, 7) is 0. The highest BCUT2D eigenvalue weighted by Crippen LogP contribution is 2.32. The number of rotatable bonds is 4. The number of hydrogen-bond acceptors (Lipinski definition) is 5. The van der Waals surface area contributed by atoms with Crippen LogP contribution in [-0.4, -0.2) is 22.9 Å². The first kappa shape index (κ1) is 16.3. The van der Waals surface area contributed by atoms with E-state index in [1.807, 2.05) is 42.5 Å². The van der Waals surface area contributed by atoms with E-state index < -0.39 is 0 Å². The van der Waals surface area contributed by atoms with Crippen LogP contribution in [-0.2, 0) is 6.42 Å². The molecule has 0 unspecified atom stereocenters. The number of nitrogens with one attached hydrogen (secondary N) is 1. The Hall–Kier alpha value is -3.21. The Kier molecular flexibility index (Phi) is 4.35. The number of ketones is 1. The van der Waals surface area contributed by atoms with Crippen molar-refractivity contribution in [3.63, 3.8) is 0 Å². The van der Waals surface area contributed by atoms with Gasteiger partial charge in [0.05, 0.1) is 18.4 Å². The van der Waals surface area contributed by atoms with E-state index in [1.54, 1.807) is 13.3 Å². The van der Waals surface area contributed by atoms with Crippen LogP contribution < -0.4 is 10.1 Å². The first-order valence-electron chi connectivity index (χ1n) is 8.58. The summed E-state index contributed by atoms with van der Waals surface area (Å²) in [6.07, 6.45) is 2.88. The van der Waals surface area contributed by atoms with Gasteiger partial charge in [-0.3, -0.25) is 4.79 Å². The molecule has 3 aromatic rings. The van der Waals surface area contributed by atoms with Crippen LogP contribution >= 0.6 is 0 Å². The van der Waals surface area contributed by atoms with Crippen molar-refractivity contribution in [1.82, 2.24) is 9.97 Å². The number of Topliss-reactive ketones (excluding diaryl/α,β-unsaturated/α-hetero) is 1. The van der Waals surface area contributed by atoms with Crippen molar-refractivity contribution in [2.75, 3.05) is 12.4 Å². The van der Waals surface area contributed by atoms with E-state index in [2.05, 4.69) is 27.4 Å². The van der Waals surface area contributed by atoms with Gasteiger partial charge in [-0.2, -0.15) is 0 Å². The molecular weight excluding hydrogens is 326 g/mol. The van der Waals surface area contributed by atoms with Crippen LogP contribution in [0, 0.1) is 0 Å². The number of carbonyl (C=O) groups excluding carboxylic acids is 1. The van der Waals surface area contributed by atoms with E-state index in [0.29, 0.717) is 17.9 Å². The molecule has 130 valence electrons. The Morgan fingerprint density at radius 3 is 2.54 bits per heavy atom. The molecule has 0 radical (unpaired) electrons. The lowest BCUT2D eigenvalue weighted by Gasteiger charge is -2.23. The maximum absolute atomic E-state index is 12.5. The van der Waals surface area contributed by atoms with Crippen LogP contribution in [0.3, 0.4) is 0 Å². The second-order valence-corrected chi connectivity index (χ2v) is 6.35. The molecule has 26 heavy (non-hydrogen) atoms. The number of anilines is 2. The molecule has 0 aliphatic heterocycles. The first-order chi connectivity index (χ1) is 12.7. The van der Waals surface area contributed by atoms with Crippen molar-refractivity contribution in [1.29, 1.82) is 0 Å². The molecule has 4 rings (SSSR count). The molecule has 5 nitrogen and oxygen atoms in total. The molecular formula is C21H19N3O2. The SMILES string of the molecule is COc1ccc(Nc2ncc3c(n2)C[C@H](c2ccccc2)CC3=O)cc1. The molecule has 1 heterocycles. The lowest BCUT2D eigenvalue weighted by Crippen LogP contribution is -2.21. The zero-order chi connectivity index (χ0) is 17.9. The van der Waals surface area contributed by atoms with Gasteiger partial charge in [-0.15, -0.1) is 0 Å². The van der Waals surface area contributed by atoms with E-state index in [1.165, 1.54) is 5.56 Å². The molecule has 1 N–H and O–H groups in total. The normalized spacial score (nSPS) is 16.0. The van der Waals surface area contributed by atoms with Crippen LogP contribution in [0.1, 0.15) is 34.0 Å². The minimum absolute atomic E-state index is 0.108. The van der Waals surface area contributed by atoms with E-state index in [-0.39, 0.29) is 11.7 Å². The quantitative estimate of drug-likeness (QED) is 0.770. The minimum Gasteiger partial charge on any atom is -0.497 e. The summed E-state index contributed by atoms with van der Waals surface area (Å²) in [5, 5.41) is 3.19. The van der Waals surface area contributed by atoms with E-state index in [9.17, 15) is 4.79 Å². The summed E-state index contributed by atoms with van der Waals surface area (Å²) >= 11 is 0. The Labute approximate surface area is 152 Å². The molecule has 2 aromatic carbocycles. The van der Waals surface area contributed by atoms with Crippen LogP contribution in [0.15, 0.2) is 60.8 Å². The summed E-state index contributed by atoms with van der Waals surface area (Å²) < 4.78 is 5.16. The fourth-order valence-corrected chi connectivity index (χ4v) is 3.27. The van der Waals surface area contributed by atoms with Crippen molar-refractivity contribution in [2.24, 2.45) is 0 Å². The molecule has 0 saturated carbocycles. The van der Waals surface area contributed by atoms with E-state index in [0.717, 1.165) is 23.6 Å². The second kappa shape index (κ2) is 6.96. The number of ether oxygens (including phenoxy) is 1. The van der Waals surface area contributed by atoms with Crippen molar-refractivity contribution in [3.8, 4) is 5.75 Å². The lowest BCUT2D eigenvalue weighted by atomic mass is 9.82. The van der Waals surface area contributed by atoms with Gasteiger partial charge < -0.3 is 10.1 Å². The molecule has 0 fully saturated rings. The monoisotopic (exact) mass is 345 g/mol. The van der Waals surface area contributed by atoms with Gasteiger partial charge in [0.15, 0.2) is 5.78 Å². The highest BCUT2D eigenvalue weighted by Gasteiger charge is 2.27. The van der Waals surface area contributed by atoms with Crippen molar-refractivity contribution in [3.05, 3.63) is 77.6 Å². The van der Waals surface area contributed by atoms with E-state index >= 15 is 0 Å². The molecule has 1 aromatic heterocycles. The summed E-state index contributed by atoms with van der Waals surface area (Å²) in [6, 6.07) is 17.7. The standard InChI is InChI=1S/C21H19N3O2/c1-26-17-9-7-16(8-10-17)23-21-22-13-18-19(24-21)11-15(12-20(18)25)14-5-3-2-4-6-14/h2-10,13,15H,11-12H2,1H3,(H,22,23,24)/t15-/m0/s1. The third kappa shape index (κ3) is 3.28. The van der Waals surface area contributed by atoms with Gasteiger partial charge >= 0.3 is 0 Å². The Morgan fingerprint density at radius 1 is 1.04 bits per heavy atom. The van der Waals surface area contributed by atoms with Gasteiger partial charge in [-0.05, 0) is 42.2 Å². The smallest absolute Gasteiger partial charge is 0.227 e. The summed E-state index contributed by atoms with van der Waals surface area (Å²) in [4.78, 5) is 21.4. The fourth-order valence-electron chi connectivity index (χ4n) is 3.27. The maximum Gasteiger partial charge on any atom is 0.227 e. The topological polar surface area (TPSA) is 64.1 Å². The number of carbonyl (C=O) groups is 1. The van der Waals surface area contributed by atoms with Crippen molar-refractivity contribution in [2.45, 2.75) is 18.8 Å². The molecule has 0 saturated heterocycles. The lowest BCUT2D eigenvalue weighted by molar-refractivity contribution is 0.0962. The van der Waals surface area contributed by atoms with Gasteiger partial charge in [-0.25, -0.2) is 9.97 Å². The van der Waals surface area contributed by atoms with Gasteiger partial charge in [0.1, 0.15) is 5.75 Å². The van der Waals surface area contributed by atoms with Gasteiger partial charge in [0.2, 0.25) is 5.95 Å². The molecule has 0 amide bonds. The average molecular weight is 345 g/mol. The Balaban J connectivity index is 1.58. The van der Waals surface area contributed by atoms with Crippen LogP contribution in [0.25, 0.3) is 0 Å². The van der Waals surface area contributed by atoms with Crippen LogP contribution in [0.5, 0.6) is 5.75 Å². The van der Waals surface area contributed by atoms with Gasteiger partial charge in [0, 0.05) is 18.3 Å². The summed E-state index contributed by atoms with van der Waals surface area (Å²) in [5.74, 6) is 1.56. The second-order valence-electron chi connectivity index (χ2n) is 6.35. The number of fused-ring (bicyclic) bond motifs is 1. The number of nitrogens with zero attached hydrogens (tertiary/aromatic N) is 2.